The van der Waals surface area contributed by atoms with Crippen LogP contribution in [-0.2, 0) is 14.3 Å². The molecule has 2 aromatic carbocycles. The Morgan fingerprint density at radius 2 is 1.05 bits per heavy atom. The van der Waals surface area contributed by atoms with E-state index in [4.69, 9.17) is 32.8 Å². The second kappa shape index (κ2) is 29.2. The Morgan fingerprint density at radius 3 is 1.31 bits per heavy atom. The predicted molar refractivity (Wildman–Crippen MR) is 166 cm³/mol. The number of ketones is 2. The molecule has 0 aromatic heterocycles. The third-order valence-electron chi connectivity index (χ3n) is 5.14. The van der Waals surface area contributed by atoms with Gasteiger partial charge in [0.2, 0.25) is 0 Å². The molecule has 0 radical (unpaired) electrons. The van der Waals surface area contributed by atoms with Gasteiger partial charge in [-0.25, -0.2) is 0 Å². The van der Waals surface area contributed by atoms with Crippen LogP contribution in [0.15, 0.2) is 70.6 Å². The molecule has 12 heteroatoms. The number of unbranched alkanes of at least 4 members (excludes halogenated alkanes) is 4. The Hall–Kier alpha value is -4.74. The highest BCUT2D eigenvalue weighted by molar-refractivity contribution is 5.96. The van der Waals surface area contributed by atoms with Gasteiger partial charge in [0.15, 0.2) is 23.5 Å². The third-order valence-corrected chi connectivity index (χ3v) is 5.14. The monoisotopic (exact) mass is 586 g/mol. The molecule has 9 N–H and O–H groups in total. The lowest BCUT2D eigenvalue weighted by Gasteiger charge is -2.00. The van der Waals surface area contributed by atoms with Crippen LogP contribution < -0.4 is 22.9 Å². The average molecular weight is 587 g/mol. The normalized spacial score (nSPS) is 9.07. The van der Waals surface area contributed by atoms with E-state index in [1.165, 1.54) is 0 Å². The number of nitrogens with two attached hydrogens (primary N) is 4. The van der Waals surface area contributed by atoms with Crippen LogP contribution in [0.1, 0.15) is 79.0 Å². The lowest BCUT2D eigenvalue weighted by molar-refractivity contribution is -0.128. The molecule has 0 amide bonds. The van der Waals surface area contributed by atoms with Crippen molar-refractivity contribution >= 4 is 36.4 Å². The summed E-state index contributed by atoms with van der Waals surface area (Å²) in [5, 5.41) is 6.89. The number of carbonyl (C=O) groups is 4. The minimum Gasteiger partial charge on any atom is -0.483 e. The number of ether oxygens (including phenoxy) is 1. The lowest BCUT2D eigenvalue weighted by atomic mass is 10.0. The number of carbonyl (C=O) groups excluding carboxylic acids is 3. The van der Waals surface area contributed by atoms with Crippen LogP contribution in [0.3, 0.4) is 0 Å². The molecule has 0 unspecified atom stereocenters. The molecule has 0 aliphatic carbocycles. The molecule has 42 heavy (non-hydrogen) atoms. The van der Waals surface area contributed by atoms with Gasteiger partial charge in [0.25, 0.3) is 12.9 Å². The van der Waals surface area contributed by atoms with Crippen LogP contribution in [0.5, 0.6) is 0 Å². The number of rotatable bonds is 16. The quantitative estimate of drug-likeness (QED) is 0.0633. The van der Waals surface area contributed by atoms with E-state index in [1.54, 1.807) is 6.92 Å². The minimum atomic E-state index is -0.250. The van der Waals surface area contributed by atoms with Gasteiger partial charge in [-0.2, -0.15) is 0 Å². The molecule has 0 atom stereocenters. The first-order chi connectivity index (χ1) is 20.2. The summed E-state index contributed by atoms with van der Waals surface area (Å²) in [6, 6.07) is 18.7. The molecule has 0 spiro atoms. The fourth-order valence-electron chi connectivity index (χ4n) is 3.17. The van der Waals surface area contributed by atoms with Crippen molar-refractivity contribution < 1.29 is 29.0 Å². The molecular formula is C30H46N6O6. The number of hydrogen-bond donors (Lipinski definition) is 5. The Labute approximate surface area is 248 Å². The molecule has 0 saturated carbocycles. The maximum atomic E-state index is 11.7. The Morgan fingerprint density at radius 1 is 0.690 bits per heavy atom. The van der Waals surface area contributed by atoms with E-state index in [9.17, 15) is 14.4 Å². The second-order valence-electron chi connectivity index (χ2n) is 8.47. The van der Waals surface area contributed by atoms with E-state index in [1.807, 2.05) is 60.7 Å². The summed E-state index contributed by atoms with van der Waals surface area (Å²) in [7, 11) is 0. The molecule has 2 aromatic rings. The molecule has 12 nitrogen and oxygen atoms in total. The van der Waals surface area contributed by atoms with Gasteiger partial charge in [-0.1, -0.05) is 73.5 Å². The average Bonchev–Trinajstić information content (AvgIpc) is 2.98. The van der Waals surface area contributed by atoms with Gasteiger partial charge in [0.05, 0.1) is 6.61 Å². The van der Waals surface area contributed by atoms with Crippen LogP contribution >= 0.6 is 0 Å². The van der Waals surface area contributed by atoms with Crippen LogP contribution in [0.4, 0.5) is 0 Å². The van der Waals surface area contributed by atoms with E-state index in [0.29, 0.717) is 39.0 Å². The molecule has 232 valence electrons. The minimum absolute atomic E-state index is 0.130. The number of aliphatic imine (C=N–C) groups is 2. The predicted octanol–water partition coefficient (Wildman–Crippen LogP) is 3.29. The topological polar surface area (TPSA) is 227 Å². The second-order valence-corrected chi connectivity index (χ2v) is 8.47. The Bertz CT molecular complexity index is 950. The molecule has 0 saturated heterocycles. The Kier molecular flexibility index (Phi) is 27.4. The van der Waals surface area contributed by atoms with Crippen LogP contribution in [0, 0.1) is 0 Å². The number of nitrogens with zero attached hydrogens (tertiary/aromatic N) is 2. The maximum Gasteiger partial charge on any atom is 0.293 e. The number of benzene rings is 2. The van der Waals surface area contributed by atoms with Gasteiger partial charge >= 0.3 is 0 Å². The summed E-state index contributed by atoms with van der Waals surface area (Å²) in [6.45, 7) is 3.70. The molecule has 0 aliphatic rings. The van der Waals surface area contributed by atoms with Crippen molar-refractivity contribution in [3.63, 3.8) is 0 Å². The smallest absolute Gasteiger partial charge is 0.293 e. The molecule has 2 rings (SSSR count). The van der Waals surface area contributed by atoms with Crippen molar-refractivity contribution in [1.82, 2.24) is 0 Å². The maximum absolute atomic E-state index is 11.7. The SMILES string of the molecule is CCOC=O.NC(N)=NCCCCCC(=O)c1ccccc1.NC(N)=NCCCCCC(=O)c1ccccc1.O=CO. The largest absolute Gasteiger partial charge is 0.483 e. The van der Waals surface area contributed by atoms with Crippen LogP contribution in [0.25, 0.3) is 0 Å². The number of hydrogen-bond acceptors (Lipinski definition) is 7. The molecule has 0 bridgehead atoms. The van der Waals surface area contributed by atoms with E-state index < -0.39 is 0 Å². The van der Waals surface area contributed by atoms with Gasteiger partial charge < -0.3 is 32.8 Å². The highest BCUT2D eigenvalue weighted by atomic mass is 16.5. The van der Waals surface area contributed by atoms with Crippen LogP contribution in [0.2, 0.25) is 0 Å². The van der Waals surface area contributed by atoms with Gasteiger partial charge in [-0.3, -0.25) is 29.2 Å². The summed E-state index contributed by atoms with van der Waals surface area (Å²) in [5.74, 6) is 0.663. The van der Waals surface area contributed by atoms with Crippen molar-refractivity contribution in [2.75, 3.05) is 19.7 Å². The molecule has 0 aliphatic heterocycles. The van der Waals surface area contributed by atoms with Gasteiger partial charge in [-0.15, -0.1) is 0 Å². The summed E-state index contributed by atoms with van der Waals surface area (Å²) < 4.78 is 4.15. The highest BCUT2D eigenvalue weighted by Crippen LogP contribution is 2.09. The summed E-state index contributed by atoms with van der Waals surface area (Å²) >= 11 is 0. The molecule has 0 fully saturated rings. The zero-order valence-electron chi connectivity index (χ0n) is 24.4. The summed E-state index contributed by atoms with van der Waals surface area (Å²) in [6.07, 6.45) is 6.71. The van der Waals surface area contributed by atoms with E-state index >= 15 is 0 Å². The first kappa shape index (κ1) is 39.4. The third kappa shape index (κ3) is 26.9. The number of Topliss-reactive ketones (excluding diaryl/α,β-unsaturated/α-hetero) is 2. The van der Waals surface area contributed by atoms with E-state index in [-0.39, 0.29) is 30.0 Å². The molecular weight excluding hydrogens is 540 g/mol. The molecule has 0 heterocycles. The van der Waals surface area contributed by atoms with Crippen molar-refractivity contribution in [1.29, 1.82) is 0 Å². The fourth-order valence-corrected chi connectivity index (χ4v) is 3.17. The van der Waals surface area contributed by atoms with Gasteiger partial charge in [-0.05, 0) is 32.6 Å². The number of carboxylic acid groups (broad SMARTS) is 1. The van der Waals surface area contributed by atoms with E-state index in [0.717, 1.165) is 49.7 Å². The summed E-state index contributed by atoms with van der Waals surface area (Å²) in [4.78, 5) is 48.8. The first-order valence-electron chi connectivity index (χ1n) is 13.6. The van der Waals surface area contributed by atoms with Crippen molar-refractivity contribution in [2.45, 2.75) is 58.3 Å². The van der Waals surface area contributed by atoms with Crippen LogP contribution in [-0.4, -0.2) is 61.2 Å². The highest BCUT2D eigenvalue weighted by Gasteiger charge is 2.04. The Balaban J connectivity index is 0. The number of guanidine groups is 2. The van der Waals surface area contributed by atoms with Crippen molar-refractivity contribution in [3.8, 4) is 0 Å². The summed E-state index contributed by atoms with van der Waals surface area (Å²) in [5.41, 5.74) is 22.4. The first-order valence-corrected chi connectivity index (χ1v) is 13.6. The van der Waals surface area contributed by atoms with Gasteiger partial charge in [0, 0.05) is 37.1 Å². The van der Waals surface area contributed by atoms with Crippen molar-refractivity contribution in [3.05, 3.63) is 71.8 Å². The lowest BCUT2D eigenvalue weighted by Crippen LogP contribution is -2.22. The van der Waals surface area contributed by atoms with Crippen molar-refractivity contribution in [2.24, 2.45) is 32.9 Å². The zero-order valence-corrected chi connectivity index (χ0v) is 24.4. The van der Waals surface area contributed by atoms with Gasteiger partial charge in [0.1, 0.15) is 0 Å². The van der Waals surface area contributed by atoms with E-state index in [2.05, 4.69) is 14.7 Å². The standard InChI is InChI=1S/2C13H19N3O.C3H6O2.CH2O2/c2*14-13(15)16-10-6-2-5-9-12(17)11-7-3-1-4-8-11;1-2-5-3-4;2-1-3/h2*1,3-4,7-8H,2,5-6,9-10H2,(H4,14,15,16);3H,2H2,1H3;1H,(H,2,3). The zero-order chi connectivity index (χ0) is 31.8. The fraction of sp³-hybridized carbons (Fsp3) is 0.400.